The highest BCUT2D eigenvalue weighted by Gasteiger charge is 2.38. The lowest BCUT2D eigenvalue weighted by molar-refractivity contribution is -0.432. The number of carbonyl (C=O) groups is 1. The van der Waals surface area contributed by atoms with Gasteiger partial charge in [-0.2, -0.15) is 0 Å². The molecule has 4 rings (SSSR count). The number of hydrogen-bond donors (Lipinski definition) is 2. The van der Waals surface area contributed by atoms with Crippen molar-refractivity contribution in [3.8, 4) is 5.75 Å². The van der Waals surface area contributed by atoms with E-state index in [2.05, 4.69) is 10.6 Å². The van der Waals surface area contributed by atoms with E-state index in [0.717, 1.165) is 16.3 Å². The highest BCUT2D eigenvalue weighted by atomic mass is 16.6. The van der Waals surface area contributed by atoms with Gasteiger partial charge in [0, 0.05) is 5.56 Å². The van der Waals surface area contributed by atoms with Gasteiger partial charge < -0.3 is 15.4 Å². The maximum atomic E-state index is 12.1. The number of nitrogens with one attached hydrogen (secondary N) is 2. The van der Waals surface area contributed by atoms with Gasteiger partial charge in [0.05, 0.1) is 10.6 Å². The van der Waals surface area contributed by atoms with Gasteiger partial charge in [0.15, 0.2) is 6.04 Å². The third kappa shape index (κ3) is 3.62. The minimum Gasteiger partial charge on any atom is -0.489 e. The minimum atomic E-state index is -0.935. The Bertz CT molecular complexity index is 1130. The zero-order valence-electron chi connectivity index (χ0n) is 15.7. The van der Waals surface area contributed by atoms with Gasteiger partial charge in [-0.1, -0.05) is 60.7 Å². The van der Waals surface area contributed by atoms with Crippen LogP contribution in [0, 0.1) is 10.1 Å². The summed E-state index contributed by atoms with van der Waals surface area (Å²) in [6, 6.07) is 19.5. The van der Waals surface area contributed by atoms with Crippen LogP contribution in [0.5, 0.6) is 5.75 Å². The third-order valence-corrected chi connectivity index (χ3v) is 4.89. The largest absolute Gasteiger partial charge is 0.489 e. The first-order valence-electron chi connectivity index (χ1n) is 9.15. The molecule has 1 unspecified atom stereocenters. The maximum Gasteiger partial charge on any atom is 0.320 e. The Kier molecular flexibility index (Phi) is 4.87. The average molecular weight is 389 g/mol. The zero-order valence-corrected chi connectivity index (χ0v) is 15.7. The lowest BCUT2D eigenvalue weighted by Gasteiger charge is -2.26. The number of urea groups is 1. The van der Waals surface area contributed by atoms with Crippen LogP contribution in [-0.2, 0) is 6.61 Å². The molecule has 1 aliphatic heterocycles. The van der Waals surface area contributed by atoms with E-state index in [1.807, 2.05) is 60.7 Å². The van der Waals surface area contributed by atoms with E-state index in [-0.39, 0.29) is 11.4 Å². The first-order valence-corrected chi connectivity index (χ1v) is 9.15. The van der Waals surface area contributed by atoms with E-state index >= 15 is 0 Å². The summed E-state index contributed by atoms with van der Waals surface area (Å²) in [4.78, 5) is 23.5. The van der Waals surface area contributed by atoms with E-state index in [0.29, 0.717) is 17.9 Å². The number of carbonyl (C=O) groups excluding carboxylic acids is 1. The quantitative estimate of drug-likeness (QED) is 0.503. The lowest BCUT2D eigenvalue weighted by Crippen LogP contribution is -2.45. The summed E-state index contributed by atoms with van der Waals surface area (Å²) < 4.78 is 6.07. The summed E-state index contributed by atoms with van der Waals surface area (Å²) in [5.41, 5.74) is 1.65. The van der Waals surface area contributed by atoms with Gasteiger partial charge in [-0.25, -0.2) is 4.79 Å². The first-order chi connectivity index (χ1) is 14.0. The van der Waals surface area contributed by atoms with Crippen molar-refractivity contribution in [1.29, 1.82) is 0 Å². The van der Waals surface area contributed by atoms with Gasteiger partial charge in [-0.05, 0) is 29.3 Å². The molecule has 0 aromatic heterocycles. The van der Waals surface area contributed by atoms with Crippen LogP contribution >= 0.6 is 0 Å². The van der Waals surface area contributed by atoms with Crippen molar-refractivity contribution in [3.63, 3.8) is 0 Å². The zero-order chi connectivity index (χ0) is 20.4. The van der Waals surface area contributed by atoms with Gasteiger partial charge in [-0.15, -0.1) is 0 Å². The molecule has 0 aliphatic carbocycles. The fraction of sp³-hybridized carbons (Fsp3) is 0.136. The summed E-state index contributed by atoms with van der Waals surface area (Å²) in [5.74, 6) is 0.493. The molecule has 2 N–H and O–H groups in total. The molecule has 1 heterocycles. The molecule has 7 nitrogen and oxygen atoms in total. The summed E-state index contributed by atoms with van der Waals surface area (Å²) >= 11 is 0. The number of benzene rings is 3. The Morgan fingerprint density at radius 2 is 1.76 bits per heavy atom. The lowest BCUT2D eigenvalue weighted by atomic mass is 9.94. The van der Waals surface area contributed by atoms with Crippen LogP contribution in [0.2, 0.25) is 0 Å². The second-order valence-electron chi connectivity index (χ2n) is 6.77. The molecule has 0 saturated carbocycles. The molecule has 0 bridgehead atoms. The van der Waals surface area contributed by atoms with Crippen molar-refractivity contribution < 1.29 is 14.5 Å². The second-order valence-corrected chi connectivity index (χ2v) is 6.77. The summed E-state index contributed by atoms with van der Waals surface area (Å²) in [6.45, 7) is 1.83. The molecule has 146 valence electrons. The number of hydrogen-bond acceptors (Lipinski definition) is 4. The van der Waals surface area contributed by atoms with E-state index in [4.69, 9.17) is 4.74 Å². The van der Waals surface area contributed by atoms with Crippen LogP contribution < -0.4 is 15.4 Å². The first kappa shape index (κ1) is 18.5. The van der Waals surface area contributed by atoms with Gasteiger partial charge in [0.1, 0.15) is 12.4 Å². The van der Waals surface area contributed by atoms with Gasteiger partial charge in [0.2, 0.25) is 0 Å². The molecule has 3 aromatic carbocycles. The summed E-state index contributed by atoms with van der Waals surface area (Å²) in [7, 11) is 0. The number of allylic oxidation sites excluding steroid dienone is 1. The van der Waals surface area contributed by atoms with Crippen LogP contribution in [0.3, 0.4) is 0 Å². The standard InChI is InChI=1S/C22H19N3O4/c1-14-21(25(27)28)20(24-22(26)23-14)19-17-10-6-5-9-16(17)11-12-18(19)29-13-15-7-3-2-4-8-15/h2-12,20H,13H2,1H3,(H2,23,24,26). The van der Waals surface area contributed by atoms with Crippen molar-refractivity contribution in [2.75, 3.05) is 0 Å². The maximum absolute atomic E-state index is 12.1. The van der Waals surface area contributed by atoms with E-state index in [1.165, 1.54) is 6.92 Å². The number of ether oxygens (including phenoxy) is 1. The predicted octanol–water partition coefficient (Wildman–Crippen LogP) is 4.28. The molecule has 1 aliphatic rings. The molecular formula is C22H19N3O4. The molecule has 0 fully saturated rings. The van der Waals surface area contributed by atoms with Crippen LogP contribution in [0.1, 0.15) is 24.1 Å². The molecule has 2 amide bonds. The Morgan fingerprint density at radius 3 is 2.52 bits per heavy atom. The molecule has 0 saturated heterocycles. The number of nitrogens with zero attached hydrogens (tertiary/aromatic N) is 1. The van der Waals surface area contributed by atoms with Gasteiger partial charge in [0.25, 0.3) is 5.70 Å². The Balaban J connectivity index is 1.85. The molecule has 1 atom stereocenters. The van der Waals surface area contributed by atoms with Crippen molar-refractivity contribution >= 4 is 16.8 Å². The average Bonchev–Trinajstić information content (AvgIpc) is 2.71. The minimum absolute atomic E-state index is 0.106. The Labute approximate surface area is 167 Å². The van der Waals surface area contributed by atoms with Crippen LogP contribution in [0.15, 0.2) is 78.1 Å². The van der Waals surface area contributed by atoms with E-state index in [9.17, 15) is 14.9 Å². The van der Waals surface area contributed by atoms with E-state index < -0.39 is 17.0 Å². The molecule has 29 heavy (non-hydrogen) atoms. The number of nitro groups is 1. The van der Waals surface area contributed by atoms with Gasteiger partial charge in [-0.3, -0.25) is 10.1 Å². The van der Waals surface area contributed by atoms with Crippen LogP contribution in [0.25, 0.3) is 10.8 Å². The number of amides is 2. The highest BCUT2D eigenvalue weighted by molar-refractivity contribution is 5.90. The molecule has 0 radical (unpaired) electrons. The number of rotatable bonds is 5. The third-order valence-electron chi connectivity index (χ3n) is 4.89. The number of fused-ring (bicyclic) bond motifs is 1. The summed E-state index contributed by atoms with van der Waals surface area (Å²) in [6.07, 6.45) is 0. The monoisotopic (exact) mass is 389 g/mol. The van der Waals surface area contributed by atoms with Crippen LogP contribution in [-0.4, -0.2) is 11.0 Å². The molecule has 7 heteroatoms. The van der Waals surface area contributed by atoms with Crippen molar-refractivity contribution in [2.24, 2.45) is 0 Å². The van der Waals surface area contributed by atoms with Crippen molar-refractivity contribution in [2.45, 2.75) is 19.6 Å². The Hall–Kier alpha value is -3.87. The molecular weight excluding hydrogens is 370 g/mol. The SMILES string of the molecule is CC1=C([N+](=O)[O-])C(c2c(OCc3ccccc3)ccc3ccccc23)NC(=O)N1. The Morgan fingerprint density at radius 1 is 1.03 bits per heavy atom. The smallest absolute Gasteiger partial charge is 0.320 e. The second kappa shape index (κ2) is 7.63. The fourth-order valence-corrected chi connectivity index (χ4v) is 3.57. The normalized spacial score (nSPS) is 16.3. The highest BCUT2D eigenvalue weighted by Crippen LogP contribution is 2.38. The topological polar surface area (TPSA) is 93.5 Å². The van der Waals surface area contributed by atoms with Crippen molar-refractivity contribution in [3.05, 3.63) is 99.4 Å². The van der Waals surface area contributed by atoms with Crippen LogP contribution in [0.4, 0.5) is 4.79 Å². The fourth-order valence-electron chi connectivity index (χ4n) is 3.57. The predicted molar refractivity (Wildman–Crippen MR) is 109 cm³/mol. The van der Waals surface area contributed by atoms with Gasteiger partial charge >= 0.3 is 6.03 Å². The van der Waals surface area contributed by atoms with E-state index in [1.54, 1.807) is 6.07 Å². The molecule has 3 aromatic rings. The van der Waals surface area contributed by atoms with Crippen molar-refractivity contribution in [1.82, 2.24) is 10.6 Å². The summed E-state index contributed by atoms with van der Waals surface area (Å²) in [5, 5.41) is 18.7. The molecule has 0 spiro atoms.